The molecule has 0 radical (unpaired) electrons. The van der Waals surface area contributed by atoms with Crippen LogP contribution in [0.1, 0.15) is 28.9 Å². The minimum absolute atomic E-state index is 0.300. The number of halogens is 3. The summed E-state index contributed by atoms with van der Waals surface area (Å²) in [5.41, 5.74) is 6.74. The van der Waals surface area contributed by atoms with Crippen molar-refractivity contribution in [1.29, 1.82) is 0 Å². The number of carbonyl (C=O) groups is 1. The first-order valence-corrected chi connectivity index (χ1v) is 6.56. The lowest BCUT2D eigenvalue weighted by Crippen LogP contribution is -2.26. The number of nitrogens with one attached hydrogen (secondary N) is 1. The van der Waals surface area contributed by atoms with Crippen molar-refractivity contribution in [3.05, 3.63) is 64.2 Å². The lowest BCUT2D eigenvalue weighted by Gasteiger charge is -2.15. The lowest BCUT2D eigenvalue weighted by atomic mass is 10.1. The first-order chi connectivity index (χ1) is 9.86. The Bertz CT molecular complexity index is 671. The van der Waals surface area contributed by atoms with E-state index in [2.05, 4.69) is 5.32 Å². The molecule has 1 unspecified atom stereocenters. The van der Waals surface area contributed by atoms with Crippen LogP contribution < -0.4 is 11.1 Å². The SMILES string of the molecule is CC(NC(=O)c1cc(N)cc(Cl)c1)c1ccc(F)c(F)c1. The molecule has 0 saturated carbocycles. The van der Waals surface area contributed by atoms with Gasteiger partial charge in [-0.05, 0) is 42.8 Å². The summed E-state index contributed by atoms with van der Waals surface area (Å²) in [6.45, 7) is 1.67. The Balaban J connectivity index is 2.16. The summed E-state index contributed by atoms with van der Waals surface area (Å²) in [5, 5.41) is 3.02. The molecule has 0 aliphatic rings. The molecule has 0 aromatic heterocycles. The van der Waals surface area contributed by atoms with E-state index < -0.39 is 23.6 Å². The standard InChI is InChI=1S/C15H13ClF2N2O/c1-8(9-2-3-13(17)14(18)6-9)20-15(21)10-4-11(16)7-12(19)5-10/h2-8H,19H2,1H3,(H,20,21). The van der Waals surface area contributed by atoms with Crippen LogP contribution in [0.5, 0.6) is 0 Å². The van der Waals surface area contributed by atoms with E-state index in [1.807, 2.05) is 0 Å². The van der Waals surface area contributed by atoms with Gasteiger partial charge in [0.05, 0.1) is 6.04 Å². The summed E-state index contributed by atoms with van der Waals surface area (Å²) < 4.78 is 26.1. The molecule has 1 atom stereocenters. The molecule has 0 aliphatic carbocycles. The largest absolute Gasteiger partial charge is 0.399 e. The van der Waals surface area contributed by atoms with Gasteiger partial charge in [0.25, 0.3) is 5.91 Å². The molecular weight excluding hydrogens is 298 g/mol. The third-order valence-electron chi connectivity index (χ3n) is 2.97. The van der Waals surface area contributed by atoms with Crippen molar-refractivity contribution in [3.8, 4) is 0 Å². The number of amides is 1. The molecule has 2 aromatic carbocycles. The van der Waals surface area contributed by atoms with Gasteiger partial charge in [-0.25, -0.2) is 8.78 Å². The fraction of sp³-hybridized carbons (Fsp3) is 0.133. The summed E-state index contributed by atoms with van der Waals surface area (Å²) in [6, 6.07) is 7.47. The molecule has 0 bridgehead atoms. The monoisotopic (exact) mass is 310 g/mol. The Kier molecular flexibility index (Phi) is 4.43. The zero-order valence-corrected chi connectivity index (χ0v) is 11.9. The third-order valence-corrected chi connectivity index (χ3v) is 3.19. The molecule has 1 amide bonds. The number of carbonyl (C=O) groups excluding carboxylic acids is 1. The van der Waals surface area contributed by atoms with Crippen molar-refractivity contribution >= 4 is 23.2 Å². The van der Waals surface area contributed by atoms with Crippen LogP contribution in [0.3, 0.4) is 0 Å². The minimum Gasteiger partial charge on any atom is -0.399 e. The molecule has 2 aromatic rings. The van der Waals surface area contributed by atoms with E-state index >= 15 is 0 Å². The maximum Gasteiger partial charge on any atom is 0.251 e. The second-order valence-corrected chi connectivity index (χ2v) is 5.08. The van der Waals surface area contributed by atoms with Crippen LogP contribution >= 0.6 is 11.6 Å². The van der Waals surface area contributed by atoms with Crippen molar-refractivity contribution in [2.24, 2.45) is 0 Å². The maximum absolute atomic E-state index is 13.2. The Morgan fingerprint density at radius 1 is 1.19 bits per heavy atom. The second-order valence-electron chi connectivity index (χ2n) is 4.64. The summed E-state index contributed by atoms with van der Waals surface area (Å²) in [5.74, 6) is -2.29. The van der Waals surface area contributed by atoms with Crippen molar-refractivity contribution in [2.45, 2.75) is 13.0 Å². The van der Waals surface area contributed by atoms with E-state index in [-0.39, 0.29) is 0 Å². The Morgan fingerprint density at radius 2 is 1.90 bits per heavy atom. The fourth-order valence-electron chi connectivity index (χ4n) is 1.89. The van der Waals surface area contributed by atoms with Gasteiger partial charge >= 0.3 is 0 Å². The molecule has 0 spiro atoms. The average Bonchev–Trinajstić information content (AvgIpc) is 2.40. The van der Waals surface area contributed by atoms with E-state index in [1.165, 1.54) is 24.3 Å². The molecule has 0 heterocycles. The number of benzene rings is 2. The van der Waals surface area contributed by atoms with Gasteiger partial charge in [-0.2, -0.15) is 0 Å². The molecule has 21 heavy (non-hydrogen) atoms. The van der Waals surface area contributed by atoms with E-state index in [0.29, 0.717) is 21.8 Å². The Morgan fingerprint density at radius 3 is 2.52 bits per heavy atom. The fourth-order valence-corrected chi connectivity index (χ4v) is 2.13. The van der Waals surface area contributed by atoms with Crippen molar-refractivity contribution in [3.63, 3.8) is 0 Å². The van der Waals surface area contributed by atoms with Crippen LogP contribution in [0.25, 0.3) is 0 Å². The van der Waals surface area contributed by atoms with Gasteiger partial charge in [0.2, 0.25) is 0 Å². The van der Waals surface area contributed by atoms with Crippen LogP contribution in [0.2, 0.25) is 5.02 Å². The summed E-state index contributed by atoms with van der Waals surface area (Å²) in [7, 11) is 0. The number of hydrogen-bond acceptors (Lipinski definition) is 2. The zero-order chi connectivity index (χ0) is 15.6. The molecule has 0 saturated heterocycles. The highest BCUT2D eigenvalue weighted by Crippen LogP contribution is 2.19. The highest BCUT2D eigenvalue weighted by molar-refractivity contribution is 6.31. The second kappa shape index (κ2) is 6.10. The number of anilines is 1. The van der Waals surface area contributed by atoms with Gasteiger partial charge in [-0.1, -0.05) is 17.7 Å². The van der Waals surface area contributed by atoms with Crippen LogP contribution in [-0.4, -0.2) is 5.91 Å². The van der Waals surface area contributed by atoms with Crippen molar-refractivity contribution in [2.75, 3.05) is 5.73 Å². The number of nitrogens with two attached hydrogens (primary N) is 1. The molecular formula is C15H13ClF2N2O. The summed E-state index contributed by atoms with van der Waals surface area (Å²) >= 11 is 5.83. The van der Waals surface area contributed by atoms with Gasteiger partial charge in [0.15, 0.2) is 11.6 Å². The maximum atomic E-state index is 13.2. The number of nitrogen functional groups attached to an aromatic ring is 1. The van der Waals surface area contributed by atoms with Crippen LogP contribution in [0.4, 0.5) is 14.5 Å². The van der Waals surface area contributed by atoms with Gasteiger partial charge < -0.3 is 11.1 Å². The average molecular weight is 311 g/mol. The highest BCUT2D eigenvalue weighted by Gasteiger charge is 2.14. The Hall–Kier alpha value is -2.14. The highest BCUT2D eigenvalue weighted by atomic mass is 35.5. The van der Waals surface area contributed by atoms with E-state index in [9.17, 15) is 13.6 Å². The third kappa shape index (κ3) is 3.70. The quantitative estimate of drug-likeness (QED) is 0.849. The minimum atomic E-state index is -0.958. The summed E-state index contributed by atoms with van der Waals surface area (Å²) in [6.07, 6.45) is 0. The molecule has 2 rings (SSSR count). The van der Waals surface area contributed by atoms with Gasteiger partial charge in [0, 0.05) is 16.3 Å². The lowest BCUT2D eigenvalue weighted by molar-refractivity contribution is 0.0940. The predicted octanol–water partition coefficient (Wildman–Crippen LogP) is 3.69. The Labute approximate surface area is 125 Å². The van der Waals surface area contributed by atoms with Gasteiger partial charge in [-0.3, -0.25) is 4.79 Å². The molecule has 3 N–H and O–H groups in total. The van der Waals surface area contributed by atoms with Crippen molar-refractivity contribution < 1.29 is 13.6 Å². The van der Waals surface area contributed by atoms with Crippen molar-refractivity contribution in [1.82, 2.24) is 5.32 Å². The number of hydrogen-bond donors (Lipinski definition) is 2. The first-order valence-electron chi connectivity index (χ1n) is 6.18. The van der Waals surface area contributed by atoms with E-state index in [0.717, 1.165) is 12.1 Å². The topological polar surface area (TPSA) is 55.1 Å². The van der Waals surface area contributed by atoms with E-state index in [1.54, 1.807) is 6.92 Å². The normalized spacial score (nSPS) is 12.0. The number of rotatable bonds is 3. The molecule has 0 fully saturated rings. The summed E-state index contributed by atoms with van der Waals surface area (Å²) in [4.78, 5) is 12.1. The van der Waals surface area contributed by atoms with Crippen LogP contribution in [0.15, 0.2) is 36.4 Å². The van der Waals surface area contributed by atoms with Crippen LogP contribution in [-0.2, 0) is 0 Å². The molecule has 3 nitrogen and oxygen atoms in total. The van der Waals surface area contributed by atoms with Gasteiger partial charge in [-0.15, -0.1) is 0 Å². The van der Waals surface area contributed by atoms with Crippen LogP contribution in [0, 0.1) is 11.6 Å². The first kappa shape index (κ1) is 15.3. The zero-order valence-electron chi connectivity index (χ0n) is 11.2. The molecule has 0 aliphatic heterocycles. The van der Waals surface area contributed by atoms with E-state index in [4.69, 9.17) is 17.3 Å². The molecule has 110 valence electrons. The van der Waals surface area contributed by atoms with Gasteiger partial charge in [0.1, 0.15) is 0 Å². The molecule has 6 heteroatoms. The predicted molar refractivity (Wildman–Crippen MR) is 78.1 cm³/mol. The smallest absolute Gasteiger partial charge is 0.251 e.